The van der Waals surface area contributed by atoms with E-state index in [0.29, 0.717) is 0 Å². The van der Waals surface area contributed by atoms with Crippen molar-refractivity contribution in [3.63, 3.8) is 0 Å². The number of hydrogen-bond donors (Lipinski definition) is 2. The van der Waals surface area contributed by atoms with Gasteiger partial charge in [0, 0.05) is 12.0 Å². The molecule has 0 aliphatic carbocycles. The van der Waals surface area contributed by atoms with Crippen molar-refractivity contribution in [3.05, 3.63) is 0 Å². The first-order chi connectivity index (χ1) is 11.8. The van der Waals surface area contributed by atoms with Crippen LogP contribution in [0.25, 0.3) is 0 Å². The van der Waals surface area contributed by atoms with E-state index in [9.17, 15) is 18.9 Å². The van der Waals surface area contributed by atoms with Crippen LogP contribution in [-0.2, 0) is 37.3 Å². The average molecular weight is 395 g/mol. The van der Waals surface area contributed by atoms with Crippen LogP contribution in [0, 0.1) is 10.8 Å². The van der Waals surface area contributed by atoms with Crippen LogP contribution in [0.1, 0.15) is 41.0 Å². The highest BCUT2D eigenvalue weighted by atomic mass is 31.2. The van der Waals surface area contributed by atoms with Crippen LogP contribution in [0.2, 0.25) is 0 Å². The Morgan fingerprint density at radius 2 is 1.92 bits per heavy atom. The summed E-state index contributed by atoms with van der Waals surface area (Å²) in [6.07, 6.45) is -1.44. The molecule has 150 valence electrons. The summed E-state index contributed by atoms with van der Waals surface area (Å²) >= 11 is 0. The van der Waals surface area contributed by atoms with Crippen molar-refractivity contribution in [1.82, 2.24) is 5.32 Å². The van der Waals surface area contributed by atoms with Gasteiger partial charge in [0.25, 0.3) is 0 Å². The Labute approximate surface area is 152 Å². The molecule has 0 saturated carbocycles. The summed E-state index contributed by atoms with van der Waals surface area (Å²) in [5.74, 6) is -2.26. The summed E-state index contributed by atoms with van der Waals surface area (Å²) in [5, 5.41) is 11.0. The minimum atomic E-state index is -4.12. The van der Waals surface area contributed by atoms with Gasteiger partial charge in [0.15, 0.2) is 6.10 Å². The molecule has 1 heterocycles. The summed E-state index contributed by atoms with van der Waals surface area (Å²) in [5.41, 5.74) is -1.59. The van der Waals surface area contributed by atoms with Gasteiger partial charge in [-0.05, 0) is 20.8 Å². The predicted molar refractivity (Wildman–Crippen MR) is 89.0 cm³/mol. The minimum Gasteiger partial charge on any atom is -0.481 e. The second-order valence-electron chi connectivity index (χ2n) is 7.56. The lowest BCUT2D eigenvalue weighted by atomic mass is 9.87. The van der Waals surface area contributed by atoms with Gasteiger partial charge in [0.1, 0.15) is 0 Å². The number of carboxylic acids is 1. The van der Waals surface area contributed by atoms with E-state index in [0.717, 1.165) is 0 Å². The van der Waals surface area contributed by atoms with Crippen molar-refractivity contribution < 1.29 is 42.4 Å². The number of carbonyl (C=O) groups is 3. The van der Waals surface area contributed by atoms with Crippen molar-refractivity contribution >= 4 is 25.7 Å². The summed E-state index contributed by atoms with van der Waals surface area (Å²) in [6, 6.07) is 0. The van der Waals surface area contributed by atoms with Crippen molar-refractivity contribution in [2.75, 3.05) is 19.9 Å². The predicted octanol–water partition coefficient (Wildman–Crippen LogP) is 1.69. The first kappa shape index (κ1) is 22.6. The SMILES string of the molecule is CC(C)(C)C(=O)OCO[P@@]1(=O)OCC(C)(C)[C@H](C(=O)NCCC(=O)O)O1. The van der Waals surface area contributed by atoms with E-state index in [1.165, 1.54) is 0 Å². The Hall–Kier alpha value is -1.48. The molecule has 1 fully saturated rings. The Balaban J connectivity index is 2.66. The van der Waals surface area contributed by atoms with Crippen LogP contribution in [0.15, 0.2) is 0 Å². The topological polar surface area (TPSA) is 137 Å². The van der Waals surface area contributed by atoms with Crippen molar-refractivity contribution in [2.45, 2.75) is 47.1 Å². The number of hydrogen-bond acceptors (Lipinski definition) is 8. The maximum Gasteiger partial charge on any atom is 0.478 e. The lowest BCUT2D eigenvalue weighted by molar-refractivity contribution is -0.163. The molecule has 11 heteroatoms. The number of carboxylic acid groups (broad SMARTS) is 1. The number of rotatable bonds is 7. The van der Waals surface area contributed by atoms with Gasteiger partial charge in [-0.3, -0.25) is 23.4 Å². The van der Waals surface area contributed by atoms with E-state index in [-0.39, 0.29) is 19.6 Å². The normalized spacial score (nSPS) is 25.3. The molecule has 26 heavy (non-hydrogen) atoms. The molecular weight excluding hydrogens is 369 g/mol. The van der Waals surface area contributed by atoms with Crippen molar-refractivity contribution in [2.24, 2.45) is 10.8 Å². The third-order valence-electron chi connectivity index (χ3n) is 3.43. The van der Waals surface area contributed by atoms with E-state index >= 15 is 0 Å². The highest BCUT2D eigenvalue weighted by molar-refractivity contribution is 7.48. The third kappa shape index (κ3) is 6.68. The fourth-order valence-electron chi connectivity index (χ4n) is 1.84. The molecule has 1 saturated heterocycles. The maximum atomic E-state index is 12.5. The van der Waals surface area contributed by atoms with Gasteiger partial charge in [-0.15, -0.1) is 0 Å². The molecular formula is C15H26NO9P. The highest BCUT2D eigenvalue weighted by Gasteiger charge is 2.49. The lowest BCUT2D eigenvalue weighted by Crippen LogP contribution is -2.50. The molecule has 1 aliphatic rings. The van der Waals surface area contributed by atoms with Crippen LogP contribution in [0.5, 0.6) is 0 Å². The number of esters is 1. The molecule has 2 atom stereocenters. The van der Waals surface area contributed by atoms with Gasteiger partial charge < -0.3 is 15.2 Å². The molecule has 0 spiro atoms. The van der Waals surface area contributed by atoms with E-state index in [1.54, 1.807) is 34.6 Å². The molecule has 0 aromatic rings. The van der Waals surface area contributed by atoms with Crippen LogP contribution < -0.4 is 5.32 Å². The van der Waals surface area contributed by atoms with Crippen LogP contribution in [0.3, 0.4) is 0 Å². The zero-order valence-electron chi connectivity index (χ0n) is 15.6. The Bertz CT molecular complexity index is 596. The van der Waals surface area contributed by atoms with Gasteiger partial charge in [-0.1, -0.05) is 13.8 Å². The van der Waals surface area contributed by atoms with Crippen LogP contribution in [0.4, 0.5) is 0 Å². The lowest BCUT2D eigenvalue weighted by Gasteiger charge is -2.39. The minimum absolute atomic E-state index is 0.0979. The highest BCUT2D eigenvalue weighted by Crippen LogP contribution is 2.57. The van der Waals surface area contributed by atoms with Gasteiger partial charge in [0.05, 0.1) is 18.4 Å². The van der Waals surface area contributed by atoms with Gasteiger partial charge in [-0.25, -0.2) is 9.09 Å². The van der Waals surface area contributed by atoms with Gasteiger partial charge in [0.2, 0.25) is 12.7 Å². The summed E-state index contributed by atoms with van der Waals surface area (Å²) < 4.78 is 32.7. The monoisotopic (exact) mass is 395 g/mol. The van der Waals surface area contributed by atoms with Crippen molar-refractivity contribution in [3.8, 4) is 0 Å². The van der Waals surface area contributed by atoms with E-state index < -0.39 is 49.4 Å². The first-order valence-electron chi connectivity index (χ1n) is 8.01. The molecule has 1 rings (SSSR count). The second kappa shape index (κ2) is 8.47. The van der Waals surface area contributed by atoms with Crippen molar-refractivity contribution in [1.29, 1.82) is 0 Å². The average Bonchev–Trinajstić information content (AvgIpc) is 2.48. The van der Waals surface area contributed by atoms with Crippen LogP contribution >= 0.6 is 7.82 Å². The molecule has 0 aromatic heterocycles. The molecule has 2 N–H and O–H groups in total. The molecule has 0 bridgehead atoms. The Kier molecular flexibility index (Phi) is 7.35. The summed E-state index contributed by atoms with van der Waals surface area (Å²) in [4.78, 5) is 34.4. The number of aliphatic carboxylic acids is 1. The van der Waals surface area contributed by atoms with E-state index in [2.05, 4.69) is 5.32 Å². The van der Waals surface area contributed by atoms with Gasteiger partial charge in [-0.2, -0.15) is 0 Å². The summed E-state index contributed by atoms with van der Waals surface area (Å²) in [6.45, 7) is 7.41. The Morgan fingerprint density at radius 3 is 2.46 bits per heavy atom. The number of amides is 1. The quantitative estimate of drug-likeness (QED) is 0.375. The smallest absolute Gasteiger partial charge is 0.478 e. The molecule has 0 radical (unpaired) electrons. The molecule has 1 aliphatic heterocycles. The molecule has 10 nitrogen and oxygen atoms in total. The number of ether oxygens (including phenoxy) is 1. The van der Waals surface area contributed by atoms with E-state index in [1.807, 2.05) is 0 Å². The molecule has 0 aromatic carbocycles. The maximum absolute atomic E-state index is 12.5. The van der Waals surface area contributed by atoms with Gasteiger partial charge >= 0.3 is 19.8 Å². The number of phosphoric ester groups is 1. The second-order valence-corrected chi connectivity index (χ2v) is 9.18. The number of nitrogens with one attached hydrogen (secondary N) is 1. The molecule has 1 amide bonds. The zero-order chi connectivity index (χ0) is 20.2. The third-order valence-corrected chi connectivity index (χ3v) is 4.76. The van der Waals surface area contributed by atoms with E-state index in [4.69, 9.17) is 23.4 Å². The fraction of sp³-hybridized carbons (Fsp3) is 0.800. The van der Waals surface area contributed by atoms with Crippen LogP contribution in [-0.4, -0.2) is 49.0 Å². The zero-order valence-corrected chi connectivity index (χ0v) is 16.5. The first-order valence-corrected chi connectivity index (χ1v) is 9.47. The Morgan fingerprint density at radius 1 is 1.31 bits per heavy atom. The largest absolute Gasteiger partial charge is 0.481 e. The number of carbonyl (C=O) groups excluding carboxylic acids is 2. The molecule has 0 unspecified atom stereocenters. The summed E-state index contributed by atoms with van der Waals surface area (Å²) in [7, 11) is -4.12. The standard InChI is InChI=1S/C15H26NO9P/c1-14(2,3)13(20)22-9-24-26(21)23-8-15(4,5)11(25-26)12(19)16-7-6-10(17)18/h11H,6-9H2,1-5H3,(H,16,19)(H,17,18)/t11-,26+/m0/s1. The fourth-order valence-corrected chi connectivity index (χ4v) is 3.35. The number of phosphoric acid groups is 1.